The summed E-state index contributed by atoms with van der Waals surface area (Å²) in [7, 11) is 0. The Morgan fingerprint density at radius 1 is 1.40 bits per heavy atom. The molecule has 0 spiro atoms. The van der Waals surface area contributed by atoms with Crippen LogP contribution in [0.25, 0.3) is 0 Å². The smallest absolute Gasteiger partial charge is 0.260 e. The van der Waals surface area contributed by atoms with Gasteiger partial charge in [0.1, 0.15) is 12.3 Å². The Morgan fingerprint density at radius 3 is 2.87 bits per heavy atom. The predicted molar refractivity (Wildman–Crippen MR) is 56.5 cm³/mol. The van der Waals surface area contributed by atoms with Crippen LogP contribution in [0.15, 0.2) is 45.1 Å². The van der Waals surface area contributed by atoms with Gasteiger partial charge in [0.2, 0.25) is 0 Å². The van der Waals surface area contributed by atoms with E-state index in [1.54, 1.807) is 12.3 Å². The number of oxazole rings is 1. The van der Waals surface area contributed by atoms with Crippen molar-refractivity contribution in [1.29, 1.82) is 5.26 Å². The number of nitriles is 1. The first-order valence-corrected chi connectivity index (χ1v) is 5.20. The van der Waals surface area contributed by atoms with Gasteiger partial charge >= 0.3 is 0 Å². The molecule has 0 amide bonds. The second kappa shape index (κ2) is 4.20. The number of aryl methyl sites for hydroxylation is 1. The second-order valence-electron chi connectivity index (χ2n) is 2.96. The first-order chi connectivity index (χ1) is 7.29. The van der Waals surface area contributed by atoms with Crippen LogP contribution in [-0.2, 0) is 0 Å². The molecule has 74 valence electrons. The molecule has 2 rings (SSSR count). The summed E-state index contributed by atoms with van der Waals surface area (Å²) in [6.07, 6.45) is 1.59. The van der Waals surface area contributed by atoms with Gasteiger partial charge in [0.15, 0.2) is 0 Å². The Hall–Kier alpha value is -1.73. The summed E-state index contributed by atoms with van der Waals surface area (Å²) in [5, 5.41) is 9.45. The molecular weight excluding hydrogens is 208 g/mol. The Bertz CT molecular complexity index is 513. The summed E-state index contributed by atoms with van der Waals surface area (Å²) < 4.78 is 5.21. The third-order valence-electron chi connectivity index (χ3n) is 1.80. The number of benzene rings is 1. The van der Waals surface area contributed by atoms with Crippen molar-refractivity contribution in [1.82, 2.24) is 4.98 Å². The lowest BCUT2D eigenvalue weighted by molar-refractivity contribution is 0.454. The lowest BCUT2D eigenvalue weighted by Crippen LogP contribution is -1.80. The molecular formula is C11H8N2OS. The molecule has 3 nitrogen and oxygen atoms in total. The maximum Gasteiger partial charge on any atom is 0.260 e. The summed E-state index contributed by atoms with van der Waals surface area (Å²) in [6, 6.07) is 9.51. The largest absolute Gasteiger partial charge is 0.439 e. The number of hydrogen-bond donors (Lipinski definition) is 0. The van der Waals surface area contributed by atoms with E-state index >= 15 is 0 Å². The molecule has 1 aromatic carbocycles. The van der Waals surface area contributed by atoms with E-state index in [0.29, 0.717) is 10.8 Å². The average Bonchev–Trinajstić information content (AvgIpc) is 2.65. The highest BCUT2D eigenvalue weighted by Crippen LogP contribution is 2.29. The fourth-order valence-corrected chi connectivity index (χ4v) is 1.97. The highest BCUT2D eigenvalue weighted by atomic mass is 32.2. The van der Waals surface area contributed by atoms with Gasteiger partial charge in [-0.2, -0.15) is 5.26 Å². The van der Waals surface area contributed by atoms with E-state index < -0.39 is 0 Å². The van der Waals surface area contributed by atoms with Crippen LogP contribution in [0.2, 0.25) is 0 Å². The van der Waals surface area contributed by atoms with Gasteiger partial charge < -0.3 is 4.42 Å². The molecule has 15 heavy (non-hydrogen) atoms. The van der Waals surface area contributed by atoms with E-state index in [9.17, 15) is 0 Å². The Morgan fingerprint density at radius 2 is 2.20 bits per heavy atom. The molecule has 4 heteroatoms. The topological polar surface area (TPSA) is 49.8 Å². The highest BCUT2D eigenvalue weighted by molar-refractivity contribution is 7.99. The van der Waals surface area contributed by atoms with E-state index in [0.717, 1.165) is 10.6 Å². The number of hydrogen-bond acceptors (Lipinski definition) is 4. The molecule has 0 atom stereocenters. The Labute approximate surface area is 91.7 Å². The third kappa shape index (κ3) is 2.20. The molecule has 0 aliphatic heterocycles. The average molecular weight is 216 g/mol. The highest BCUT2D eigenvalue weighted by Gasteiger charge is 2.07. The van der Waals surface area contributed by atoms with Crippen LogP contribution in [0, 0.1) is 18.3 Å². The van der Waals surface area contributed by atoms with Crippen LogP contribution in [0.4, 0.5) is 0 Å². The standard InChI is InChI=1S/C11H8N2OS/c1-8-7-14-11(13-8)15-10-5-3-2-4-9(10)6-12/h2-5,7H,1H3. The molecule has 2 aromatic rings. The number of rotatable bonds is 2. The van der Waals surface area contributed by atoms with Gasteiger partial charge in [-0.3, -0.25) is 0 Å². The number of aromatic nitrogens is 1. The lowest BCUT2D eigenvalue weighted by Gasteiger charge is -1.98. The van der Waals surface area contributed by atoms with Gasteiger partial charge in [0.25, 0.3) is 5.22 Å². The van der Waals surface area contributed by atoms with Crippen LogP contribution >= 0.6 is 11.8 Å². The minimum atomic E-state index is 0.565. The number of nitrogens with zero attached hydrogens (tertiary/aromatic N) is 2. The summed E-state index contributed by atoms with van der Waals surface area (Å²) in [5.74, 6) is 0. The summed E-state index contributed by atoms with van der Waals surface area (Å²) in [6.45, 7) is 1.86. The van der Waals surface area contributed by atoms with Crippen molar-refractivity contribution in [3.8, 4) is 6.07 Å². The van der Waals surface area contributed by atoms with Crippen molar-refractivity contribution < 1.29 is 4.42 Å². The lowest BCUT2D eigenvalue weighted by atomic mass is 10.2. The van der Waals surface area contributed by atoms with Crippen molar-refractivity contribution in [2.45, 2.75) is 17.0 Å². The van der Waals surface area contributed by atoms with Gasteiger partial charge in [0, 0.05) is 4.90 Å². The Kier molecular flexibility index (Phi) is 2.75. The molecule has 0 saturated heterocycles. The van der Waals surface area contributed by atoms with Crippen molar-refractivity contribution in [2.75, 3.05) is 0 Å². The molecule has 1 heterocycles. The molecule has 0 aliphatic rings. The van der Waals surface area contributed by atoms with Crippen molar-refractivity contribution in [2.24, 2.45) is 0 Å². The molecule has 0 unspecified atom stereocenters. The Balaban J connectivity index is 2.28. The van der Waals surface area contributed by atoms with E-state index in [1.807, 2.05) is 25.1 Å². The fraction of sp³-hybridized carbons (Fsp3) is 0.0909. The molecule has 0 fully saturated rings. The summed E-state index contributed by atoms with van der Waals surface area (Å²) in [4.78, 5) is 5.03. The molecule has 0 saturated carbocycles. The van der Waals surface area contributed by atoms with E-state index in [4.69, 9.17) is 9.68 Å². The van der Waals surface area contributed by atoms with Crippen LogP contribution in [-0.4, -0.2) is 4.98 Å². The van der Waals surface area contributed by atoms with Crippen LogP contribution < -0.4 is 0 Å². The normalized spacial score (nSPS) is 9.87. The molecule has 0 aliphatic carbocycles. The summed E-state index contributed by atoms with van der Waals surface area (Å²) in [5.41, 5.74) is 1.48. The third-order valence-corrected chi connectivity index (χ3v) is 2.74. The van der Waals surface area contributed by atoms with Gasteiger partial charge in [-0.05, 0) is 30.8 Å². The monoisotopic (exact) mass is 216 g/mol. The van der Waals surface area contributed by atoms with E-state index in [2.05, 4.69) is 11.1 Å². The van der Waals surface area contributed by atoms with Crippen molar-refractivity contribution in [3.05, 3.63) is 41.8 Å². The van der Waals surface area contributed by atoms with Crippen molar-refractivity contribution >= 4 is 11.8 Å². The van der Waals surface area contributed by atoms with Gasteiger partial charge in [-0.1, -0.05) is 12.1 Å². The molecule has 0 N–H and O–H groups in total. The zero-order valence-electron chi connectivity index (χ0n) is 8.10. The quantitative estimate of drug-likeness (QED) is 0.774. The zero-order valence-corrected chi connectivity index (χ0v) is 8.91. The molecule has 0 bridgehead atoms. The van der Waals surface area contributed by atoms with E-state index in [-0.39, 0.29) is 0 Å². The first kappa shape index (κ1) is 9.81. The van der Waals surface area contributed by atoms with Crippen LogP contribution in [0.5, 0.6) is 0 Å². The SMILES string of the molecule is Cc1coc(Sc2ccccc2C#N)n1. The van der Waals surface area contributed by atoms with Crippen molar-refractivity contribution in [3.63, 3.8) is 0 Å². The van der Waals surface area contributed by atoms with Crippen LogP contribution in [0.1, 0.15) is 11.3 Å². The minimum Gasteiger partial charge on any atom is -0.439 e. The fourth-order valence-electron chi connectivity index (χ4n) is 1.12. The maximum absolute atomic E-state index is 8.89. The molecule has 0 radical (unpaired) electrons. The minimum absolute atomic E-state index is 0.565. The van der Waals surface area contributed by atoms with E-state index in [1.165, 1.54) is 11.8 Å². The van der Waals surface area contributed by atoms with Gasteiger partial charge in [0.05, 0.1) is 11.3 Å². The second-order valence-corrected chi connectivity index (χ2v) is 3.96. The van der Waals surface area contributed by atoms with Gasteiger partial charge in [-0.15, -0.1) is 0 Å². The zero-order chi connectivity index (χ0) is 10.7. The molecule has 1 aromatic heterocycles. The van der Waals surface area contributed by atoms with Crippen LogP contribution in [0.3, 0.4) is 0 Å². The first-order valence-electron chi connectivity index (χ1n) is 4.38. The van der Waals surface area contributed by atoms with Gasteiger partial charge in [-0.25, -0.2) is 4.98 Å². The maximum atomic E-state index is 8.89. The predicted octanol–water partition coefficient (Wildman–Crippen LogP) is 3.01. The summed E-state index contributed by atoms with van der Waals surface area (Å²) >= 11 is 1.36.